The Hall–Kier alpha value is -0.910. The molecule has 0 bridgehead atoms. The Labute approximate surface area is 123 Å². The van der Waals surface area contributed by atoms with Crippen molar-refractivity contribution in [3.05, 3.63) is 29.3 Å². The summed E-state index contributed by atoms with van der Waals surface area (Å²) < 4.78 is 27.4. The van der Waals surface area contributed by atoms with Crippen LogP contribution in [-0.4, -0.2) is 21.5 Å². The molecular weight excluding hydrogens is 272 g/mol. The van der Waals surface area contributed by atoms with Crippen LogP contribution in [0.1, 0.15) is 44.2 Å². The van der Waals surface area contributed by atoms with Gasteiger partial charge in [0.05, 0.1) is 4.90 Å². The van der Waals surface area contributed by atoms with E-state index in [0.717, 1.165) is 30.4 Å². The molecule has 20 heavy (non-hydrogen) atoms. The van der Waals surface area contributed by atoms with Crippen molar-refractivity contribution in [2.75, 3.05) is 7.05 Å². The highest BCUT2D eigenvalue weighted by Gasteiger charge is 2.17. The molecular formula is C15H26N2O2S. The maximum atomic E-state index is 12.3. The van der Waals surface area contributed by atoms with E-state index in [2.05, 4.69) is 17.0 Å². The van der Waals surface area contributed by atoms with E-state index in [-0.39, 0.29) is 6.04 Å². The third-order valence-electron chi connectivity index (χ3n) is 3.35. The van der Waals surface area contributed by atoms with Crippen LogP contribution in [0.4, 0.5) is 0 Å². The molecule has 4 nitrogen and oxygen atoms in total. The second kappa shape index (κ2) is 7.76. The number of aryl methyl sites for hydroxylation is 1. The SMILES string of the molecule is CCCCC(C)NS(=O)(=O)c1ccc(C)c(CNC)c1. The lowest BCUT2D eigenvalue weighted by Gasteiger charge is -2.15. The molecule has 0 heterocycles. The zero-order valence-corrected chi connectivity index (χ0v) is 13.7. The quantitative estimate of drug-likeness (QED) is 0.775. The fraction of sp³-hybridized carbons (Fsp3) is 0.600. The van der Waals surface area contributed by atoms with Crippen LogP contribution in [0, 0.1) is 6.92 Å². The van der Waals surface area contributed by atoms with Crippen molar-refractivity contribution < 1.29 is 8.42 Å². The van der Waals surface area contributed by atoms with E-state index in [0.29, 0.717) is 11.4 Å². The van der Waals surface area contributed by atoms with Crippen LogP contribution in [0.2, 0.25) is 0 Å². The van der Waals surface area contributed by atoms with E-state index in [1.807, 2.05) is 27.0 Å². The molecule has 0 amide bonds. The van der Waals surface area contributed by atoms with Gasteiger partial charge in [-0.1, -0.05) is 25.8 Å². The van der Waals surface area contributed by atoms with E-state index < -0.39 is 10.0 Å². The molecule has 1 aromatic carbocycles. The molecule has 0 saturated heterocycles. The Morgan fingerprint density at radius 1 is 1.30 bits per heavy atom. The average Bonchev–Trinajstić information content (AvgIpc) is 2.38. The molecule has 1 atom stereocenters. The van der Waals surface area contributed by atoms with Crippen LogP contribution >= 0.6 is 0 Å². The van der Waals surface area contributed by atoms with Crippen molar-refractivity contribution in [2.24, 2.45) is 0 Å². The van der Waals surface area contributed by atoms with Gasteiger partial charge in [0.1, 0.15) is 0 Å². The summed E-state index contributed by atoms with van der Waals surface area (Å²) in [6.07, 6.45) is 2.97. The van der Waals surface area contributed by atoms with Crippen molar-refractivity contribution in [1.29, 1.82) is 0 Å². The van der Waals surface area contributed by atoms with E-state index in [1.165, 1.54) is 0 Å². The van der Waals surface area contributed by atoms with Crippen LogP contribution < -0.4 is 10.0 Å². The van der Waals surface area contributed by atoms with Crippen LogP contribution in [0.15, 0.2) is 23.1 Å². The Morgan fingerprint density at radius 2 is 2.00 bits per heavy atom. The predicted molar refractivity (Wildman–Crippen MR) is 83.3 cm³/mol. The highest BCUT2D eigenvalue weighted by molar-refractivity contribution is 7.89. The number of hydrogen-bond acceptors (Lipinski definition) is 3. The third-order valence-corrected chi connectivity index (χ3v) is 4.93. The molecule has 114 valence electrons. The Kier molecular flexibility index (Phi) is 6.65. The molecule has 0 aliphatic heterocycles. The van der Waals surface area contributed by atoms with Crippen LogP contribution in [0.25, 0.3) is 0 Å². The van der Waals surface area contributed by atoms with Crippen LogP contribution in [0.5, 0.6) is 0 Å². The van der Waals surface area contributed by atoms with E-state index in [4.69, 9.17) is 0 Å². The van der Waals surface area contributed by atoms with E-state index in [1.54, 1.807) is 12.1 Å². The van der Waals surface area contributed by atoms with Gasteiger partial charge in [0, 0.05) is 12.6 Å². The molecule has 2 N–H and O–H groups in total. The number of unbranched alkanes of at least 4 members (excludes halogenated alkanes) is 1. The molecule has 0 aliphatic rings. The predicted octanol–water partition coefficient (Wildman–Crippen LogP) is 2.57. The lowest BCUT2D eigenvalue weighted by atomic mass is 10.1. The van der Waals surface area contributed by atoms with Crippen LogP contribution in [0.3, 0.4) is 0 Å². The van der Waals surface area contributed by atoms with Gasteiger partial charge < -0.3 is 5.32 Å². The van der Waals surface area contributed by atoms with Crippen LogP contribution in [-0.2, 0) is 16.6 Å². The fourth-order valence-electron chi connectivity index (χ4n) is 2.10. The summed E-state index contributed by atoms with van der Waals surface area (Å²) in [6, 6.07) is 5.25. The Balaban J connectivity index is 2.89. The summed E-state index contributed by atoms with van der Waals surface area (Å²) in [5.41, 5.74) is 2.11. The summed E-state index contributed by atoms with van der Waals surface area (Å²) in [7, 11) is -1.57. The maximum Gasteiger partial charge on any atom is 0.240 e. The van der Waals surface area contributed by atoms with Crippen molar-refractivity contribution in [3.63, 3.8) is 0 Å². The minimum Gasteiger partial charge on any atom is -0.316 e. The number of hydrogen-bond donors (Lipinski definition) is 2. The average molecular weight is 298 g/mol. The van der Waals surface area contributed by atoms with E-state index >= 15 is 0 Å². The van der Waals surface area contributed by atoms with Gasteiger partial charge in [-0.25, -0.2) is 13.1 Å². The van der Waals surface area contributed by atoms with Gasteiger partial charge in [-0.15, -0.1) is 0 Å². The standard InChI is InChI=1S/C15H26N2O2S/c1-5-6-7-13(3)17-20(18,19)15-9-8-12(2)14(10-15)11-16-4/h8-10,13,16-17H,5-7,11H2,1-4H3. The van der Waals surface area contributed by atoms with Crippen molar-refractivity contribution in [2.45, 2.75) is 57.5 Å². The summed E-state index contributed by atoms with van der Waals surface area (Å²) in [5.74, 6) is 0. The molecule has 0 aliphatic carbocycles. The van der Waals surface area contributed by atoms with Gasteiger partial charge >= 0.3 is 0 Å². The first-order valence-corrected chi connectivity index (χ1v) is 8.65. The Bertz CT molecular complexity index is 527. The summed E-state index contributed by atoms with van der Waals surface area (Å²) in [5, 5.41) is 3.06. The lowest BCUT2D eigenvalue weighted by Crippen LogP contribution is -2.32. The summed E-state index contributed by atoms with van der Waals surface area (Å²) in [4.78, 5) is 0.344. The smallest absolute Gasteiger partial charge is 0.240 e. The summed E-state index contributed by atoms with van der Waals surface area (Å²) >= 11 is 0. The number of sulfonamides is 1. The summed E-state index contributed by atoms with van der Waals surface area (Å²) in [6.45, 7) is 6.67. The molecule has 1 unspecified atom stereocenters. The molecule has 0 spiro atoms. The zero-order chi connectivity index (χ0) is 15.2. The van der Waals surface area contributed by atoms with Crippen molar-refractivity contribution in [3.8, 4) is 0 Å². The number of benzene rings is 1. The second-order valence-electron chi connectivity index (χ2n) is 5.28. The maximum absolute atomic E-state index is 12.3. The molecule has 0 radical (unpaired) electrons. The van der Waals surface area contributed by atoms with E-state index in [9.17, 15) is 8.42 Å². The molecule has 1 rings (SSSR count). The molecule has 5 heteroatoms. The largest absolute Gasteiger partial charge is 0.316 e. The Morgan fingerprint density at radius 3 is 2.60 bits per heavy atom. The van der Waals surface area contributed by atoms with Crippen molar-refractivity contribution in [1.82, 2.24) is 10.0 Å². The molecule has 1 aromatic rings. The lowest BCUT2D eigenvalue weighted by molar-refractivity contribution is 0.534. The van der Waals surface area contributed by atoms with Gasteiger partial charge in [0.15, 0.2) is 0 Å². The molecule has 0 fully saturated rings. The highest BCUT2D eigenvalue weighted by atomic mass is 32.2. The van der Waals surface area contributed by atoms with Gasteiger partial charge in [-0.05, 0) is 50.6 Å². The third kappa shape index (κ3) is 4.89. The van der Waals surface area contributed by atoms with Gasteiger partial charge in [0.2, 0.25) is 10.0 Å². The fourth-order valence-corrected chi connectivity index (χ4v) is 3.43. The van der Waals surface area contributed by atoms with Gasteiger partial charge in [-0.3, -0.25) is 0 Å². The second-order valence-corrected chi connectivity index (χ2v) is 7.00. The van der Waals surface area contributed by atoms with Gasteiger partial charge in [0.25, 0.3) is 0 Å². The van der Waals surface area contributed by atoms with Gasteiger partial charge in [-0.2, -0.15) is 0 Å². The minimum absolute atomic E-state index is 0.0333. The number of rotatable bonds is 8. The first kappa shape index (κ1) is 17.1. The normalized spacial score (nSPS) is 13.4. The monoisotopic (exact) mass is 298 g/mol. The molecule has 0 aromatic heterocycles. The number of nitrogens with one attached hydrogen (secondary N) is 2. The first-order valence-electron chi connectivity index (χ1n) is 7.17. The molecule has 0 saturated carbocycles. The zero-order valence-electron chi connectivity index (χ0n) is 12.9. The van der Waals surface area contributed by atoms with Crippen molar-refractivity contribution >= 4 is 10.0 Å². The topological polar surface area (TPSA) is 58.2 Å². The highest BCUT2D eigenvalue weighted by Crippen LogP contribution is 2.16. The minimum atomic E-state index is -3.43. The first-order chi connectivity index (χ1) is 9.40.